The van der Waals surface area contributed by atoms with E-state index in [-0.39, 0.29) is 5.69 Å². The molecule has 1 aromatic heterocycles. The molecule has 0 saturated heterocycles. The standard InChI is InChI=1S/C14H17N3O3/c1-16(2)8-7-15-11-9-14(20-10-11)12-5-3-4-6-13(12)17(18)19/h3-6,9-10,15H,7-8H2,1-2H3. The molecule has 0 amide bonds. The lowest BCUT2D eigenvalue weighted by molar-refractivity contribution is -0.384. The minimum absolute atomic E-state index is 0.0432. The summed E-state index contributed by atoms with van der Waals surface area (Å²) in [5, 5.41) is 14.2. The van der Waals surface area contributed by atoms with Crippen molar-refractivity contribution >= 4 is 11.4 Å². The Balaban J connectivity index is 2.15. The largest absolute Gasteiger partial charge is 0.462 e. The number of nitrogens with zero attached hydrogens (tertiary/aromatic N) is 2. The molecule has 106 valence electrons. The molecule has 2 rings (SSSR count). The van der Waals surface area contributed by atoms with Crippen molar-refractivity contribution < 1.29 is 9.34 Å². The van der Waals surface area contributed by atoms with Gasteiger partial charge in [0, 0.05) is 25.2 Å². The lowest BCUT2D eigenvalue weighted by atomic mass is 10.1. The van der Waals surface area contributed by atoms with Crippen LogP contribution in [0.5, 0.6) is 0 Å². The summed E-state index contributed by atoms with van der Waals surface area (Å²) in [6.07, 6.45) is 1.57. The van der Waals surface area contributed by atoms with Crippen LogP contribution in [0.3, 0.4) is 0 Å². The predicted molar refractivity (Wildman–Crippen MR) is 77.8 cm³/mol. The highest BCUT2D eigenvalue weighted by Crippen LogP contribution is 2.31. The molecule has 2 aromatic rings. The number of para-hydroxylation sites is 1. The molecule has 0 atom stereocenters. The van der Waals surface area contributed by atoms with Crippen LogP contribution >= 0.6 is 0 Å². The topological polar surface area (TPSA) is 71.5 Å². The third-order valence-electron chi connectivity index (χ3n) is 2.85. The fraction of sp³-hybridized carbons (Fsp3) is 0.286. The van der Waals surface area contributed by atoms with E-state index in [9.17, 15) is 10.1 Å². The number of nitrogens with one attached hydrogen (secondary N) is 1. The maximum absolute atomic E-state index is 11.0. The van der Waals surface area contributed by atoms with Crippen LogP contribution < -0.4 is 5.32 Å². The number of furan rings is 1. The maximum atomic E-state index is 11.0. The van der Waals surface area contributed by atoms with Crippen LogP contribution in [0, 0.1) is 10.1 Å². The highest BCUT2D eigenvalue weighted by Gasteiger charge is 2.16. The van der Waals surface area contributed by atoms with Gasteiger partial charge in [0.15, 0.2) is 0 Å². The van der Waals surface area contributed by atoms with Crippen LogP contribution in [0.25, 0.3) is 11.3 Å². The highest BCUT2D eigenvalue weighted by atomic mass is 16.6. The first-order chi connectivity index (χ1) is 9.58. The molecule has 1 aromatic carbocycles. The fourth-order valence-corrected chi connectivity index (χ4v) is 1.84. The van der Waals surface area contributed by atoms with E-state index in [4.69, 9.17) is 4.42 Å². The van der Waals surface area contributed by atoms with Gasteiger partial charge in [-0.1, -0.05) is 12.1 Å². The molecule has 6 nitrogen and oxygen atoms in total. The minimum atomic E-state index is -0.406. The van der Waals surface area contributed by atoms with Crippen LogP contribution in [-0.4, -0.2) is 37.0 Å². The quantitative estimate of drug-likeness (QED) is 0.648. The number of rotatable bonds is 6. The molecule has 6 heteroatoms. The number of hydrogen-bond acceptors (Lipinski definition) is 5. The molecule has 1 heterocycles. The maximum Gasteiger partial charge on any atom is 0.280 e. The molecule has 0 aliphatic carbocycles. The molecular formula is C14H17N3O3. The smallest absolute Gasteiger partial charge is 0.280 e. The summed E-state index contributed by atoms with van der Waals surface area (Å²) in [7, 11) is 3.99. The number of nitro groups is 1. The normalized spacial score (nSPS) is 10.8. The number of anilines is 1. The second-order valence-corrected chi connectivity index (χ2v) is 4.70. The summed E-state index contributed by atoms with van der Waals surface area (Å²) < 4.78 is 5.42. The number of likely N-dealkylation sites (N-methyl/N-ethyl adjacent to an activating group) is 1. The minimum Gasteiger partial charge on any atom is -0.462 e. The van der Waals surface area contributed by atoms with Crippen molar-refractivity contribution in [3.8, 4) is 11.3 Å². The van der Waals surface area contributed by atoms with Crippen molar-refractivity contribution in [3.05, 3.63) is 46.7 Å². The Kier molecular flexibility index (Phi) is 4.37. The fourth-order valence-electron chi connectivity index (χ4n) is 1.84. The summed E-state index contributed by atoms with van der Waals surface area (Å²) in [5.41, 5.74) is 1.35. The monoisotopic (exact) mass is 275 g/mol. The van der Waals surface area contributed by atoms with Crippen molar-refractivity contribution in [3.63, 3.8) is 0 Å². The number of hydrogen-bond donors (Lipinski definition) is 1. The number of nitro benzene ring substituents is 1. The van der Waals surface area contributed by atoms with Gasteiger partial charge in [-0.3, -0.25) is 10.1 Å². The molecule has 0 bridgehead atoms. The Hall–Kier alpha value is -2.34. The van der Waals surface area contributed by atoms with Gasteiger partial charge in [-0.25, -0.2) is 0 Å². The molecule has 0 spiro atoms. The van der Waals surface area contributed by atoms with Crippen LogP contribution in [0.15, 0.2) is 41.0 Å². The van der Waals surface area contributed by atoms with Gasteiger partial charge in [-0.05, 0) is 20.2 Å². The number of benzene rings is 1. The van der Waals surface area contributed by atoms with E-state index in [0.29, 0.717) is 11.3 Å². The Bertz CT molecular complexity index is 593. The average molecular weight is 275 g/mol. The van der Waals surface area contributed by atoms with Gasteiger partial charge < -0.3 is 14.6 Å². The Labute approximate surface area is 117 Å². The summed E-state index contributed by atoms with van der Waals surface area (Å²) in [4.78, 5) is 12.7. The van der Waals surface area contributed by atoms with Crippen molar-refractivity contribution in [2.45, 2.75) is 0 Å². The van der Waals surface area contributed by atoms with Gasteiger partial charge in [0.25, 0.3) is 5.69 Å². The van der Waals surface area contributed by atoms with Crippen molar-refractivity contribution in [2.75, 3.05) is 32.5 Å². The molecule has 1 N–H and O–H groups in total. The SMILES string of the molecule is CN(C)CCNc1coc(-c2ccccc2[N+](=O)[O-])c1. The molecule has 20 heavy (non-hydrogen) atoms. The van der Waals surface area contributed by atoms with E-state index in [1.54, 1.807) is 30.5 Å². The summed E-state index contributed by atoms with van der Waals surface area (Å²) >= 11 is 0. The van der Waals surface area contributed by atoms with Crippen LogP contribution in [0.4, 0.5) is 11.4 Å². The second kappa shape index (κ2) is 6.21. The predicted octanol–water partition coefficient (Wildman–Crippen LogP) is 2.83. The molecule has 0 unspecified atom stereocenters. The molecule has 0 saturated carbocycles. The Morgan fingerprint density at radius 3 is 2.80 bits per heavy atom. The van der Waals surface area contributed by atoms with E-state index < -0.39 is 4.92 Å². The lowest BCUT2D eigenvalue weighted by Gasteiger charge is -2.09. The van der Waals surface area contributed by atoms with Crippen LogP contribution in [0.1, 0.15) is 0 Å². The van der Waals surface area contributed by atoms with Gasteiger partial charge in [0.2, 0.25) is 0 Å². The van der Waals surface area contributed by atoms with Gasteiger partial charge >= 0.3 is 0 Å². The molecule has 0 aliphatic rings. The van der Waals surface area contributed by atoms with Crippen LogP contribution in [-0.2, 0) is 0 Å². The van der Waals surface area contributed by atoms with Crippen molar-refractivity contribution in [1.82, 2.24) is 4.90 Å². The van der Waals surface area contributed by atoms with E-state index in [0.717, 1.165) is 18.8 Å². The first kappa shape index (κ1) is 14.1. The van der Waals surface area contributed by atoms with Gasteiger partial charge in [0.1, 0.15) is 12.0 Å². The molecule has 0 fully saturated rings. The third-order valence-corrected chi connectivity index (χ3v) is 2.85. The Morgan fingerprint density at radius 2 is 2.10 bits per heavy atom. The van der Waals surface area contributed by atoms with Crippen molar-refractivity contribution in [2.24, 2.45) is 0 Å². The average Bonchev–Trinajstić information content (AvgIpc) is 2.87. The molecule has 0 aliphatic heterocycles. The van der Waals surface area contributed by atoms with Crippen molar-refractivity contribution in [1.29, 1.82) is 0 Å². The van der Waals surface area contributed by atoms with Gasteiger partial charge in [-0.15, -0.1) is 0 Å². The third kappa shape index (κ3) is 3.36. The van der Waals surface area contributed by atoms with E-state index in [1.807, 2.05) is 14.1 Å². The summed E-state index contributed by atoms with van der Waals surface area (Å²) in [6, 6.07) is 8.32. The van der Waals surface area contributed by atoms with Crippen LogP contribution in [0.2, 0.25) is 0 Å². The summed E-state index contributed by atoms with van der Waals surface area (Å²) in [6.45, 7) is 1.68. The van der Waals surface area contributed by atoms with Gasteiger partial charge in [-0.2, -0.15) is 0 Å². The highest BCUT2D eigenvalue weighted by molar-refractivity contribution is 5.71. The molecule has 0 radical (unpaired) electrons. The van der Waals surface area contributed by atoms with E-state index >= 15 is 0 Å². The van der Waals surface area contributed by atoms with E-state index in [2.05, 4.69) is 10.2 Å². The molecular weight excluding hydrogens is 258 g/mol. The zero-order valence-corrected chi connectivity index (χ0v) is 11.5. The van der Waals surface area contributed by atoms with Gasteiger partial charge in [0.05, 0.1) is 16.2 Å². The zero-order chi connectivity index (χ0) is 14.5. The first-order valence-electron chi connectivity index (χ1n) is 6.29. The summed E-state index contributed by atoms with van der Waals surface area (Å²) in [5.74, 6) is 0.490. The van der Waals surface area contributed by atoms with E-state index in [1.165, 1.54) is 6.07 Å². The second-order valence-electron chi connectivity index (χ2n) is 4.70. The lowest BCUT2D eigenvalue weighted by Crippen LogP contribution is -2.20. The zero-order valence-electron chi connectivity index (χ0n) is 11.5. The first-order valence-corrected chi connectivity index (χ1v) is 6.29. The Morgan fingerprint density at radius 1 is 1.35 bits per heavy atom.